The predicted molar refractivity (Wildman–Crippen MR) is 47.2 cm³/mol. The maximum Gasteiger partial charge on any atom is 0.0304 e. The summed E-state index contributed by atoms with van der Waals surface area (Å²) in [6, 6.07) is 4.08. The lowest BCUT2D eigenvalue weighted by molar-refractivity contribution is 1.77. The first kappa shape index (κ1) is 6.90. The van der Waals surface area contributed by atoms with E-state index in [4.69, 9.17) is 0 Å². The number of rotatable bonds is 2. The fraction of sp³-hybridized carbons (Fsp3) is 0.143. The summed E-state index contributed by atoms with van der Waals surface area (Å²) in [5, 5.41) is 2.05. The smallest absolute Gasteiger partial charge is 0.0304 e. The molecule has 1 aromatic rings. The minimum Gasteiger partial charge on any atom is -0.175 e. The molecule has 0 aliphatic carbocycles. The molecule has 0 aliphatic heterocycles. The average Bonchev–Trinajstić information content (AvgIpc) is 2.37. The van der Waals surface area contributed by atoms with E-state index in [0.29, 0.717) is 0 Å². The summed E-state index contributed by atoms with van der Waals surface area (Å²) in [4.78, 5) is 1.24. The van der Waals surface area contributed by atoms with Gasteiger partial charge in [0.15, 0.2) is 0 Å². The maximum atomic E-state index is 4.11. The van der Waals surface area contributed by atoms with Gasteiger partial charge in [-0.1, -0.05) is 12.6 Å². The van der Waals surface area contributed by atoms with Crippen LogP contribution < -0.4 is 0 Å². The van der Waals surface area contributed by atoms with Gasteiger partial charge in [-0.05, 0) is 17.0 Å². The fourth-order valence-corrected chi connectivity index (χ4v) is 1.53. The van der Waals surface area contributed by atoms with Crippen LogP contribution in [0.1, 0.15) is 4.88 Å². The first-order valence-corrected chi connectivity index (χ1v) is 4.18. The third-order valence-electron chi connectivity index (χ3n) is 1.06. The molecule has 1 heterocycles. The molecule has 0 bridgehead atoms. The Balaban J connectivity index is 2.77. The average molecular weight is 156 g/mol. The molecule has 48 valence electrons. The van der Waals surface area contributed by atoms with Crippen molar-refractivity contribution in [2.45, 2.75) is 0 Å². The van der Waals surface area contributed by atoms with Gasteiger partial charge in [0.25, 0.3) is 0 Å². The Kier molecular flexibility index (Phi) is 2.37. The summed E-state index contributed by atoms with van der Waals surface area (Å²) in [7, 11) is 0. The van der Waals surface area contributed by atoms with Crippen molar-refractivity contribution < 1.29 is 0 Å². The molecule has 0 saturated heterocycles. The second kappa shape index (κ2) is 3.08. The van der Waals surface area contributed by atoms with Gasteiger partial charge in [0.1, 0.15) is 0 Å². The molecule has 9 heavy (non-hydrogen) atoms. The van der Waals surface area contributed by atoms with Gasteiger partial charge in [-0.3, -0.25) is 0 Å². The van der Waals surface area contributed by atoms with Crippen LogP contribution in [-0.4, -0.2) is 5.75 Å². The Labute approximate surface area is 64.6 Å². The molecule has 0 atom stereocenters. The molecule has 0 nitrogen and oxygen atoms in total. The zero-order valence-corrected chi connectivity index (χ0v) is 6.71. The van der Waals surface area contributed by atoms with Crippen molar-refractivity contribution in [2.75, 3.05) is 5.75 Å². The van der Waals surface area contributed by atoms with E-state index >= 15 is 0 Å². The number of thiol groups is 1. The van der Waals surface area contributed by atoms with E-state index in [-0.39, 0.29) is 0 Å². The van der Waals surface area contributed by atoms with Crippen LogP contribution in [0, 0.1) is 0 Å². The van der Waals surface area contributed by atoms with Crippen LogP contribution >= 0.6 is 24.0 Å². The van der Waals surface area contributed by atoms with Gasteiger partial charge in [-0.2, -0.15) is 12.6 Å². The zero-order valence-electron chi connectivity index (χ0n) is 5.00. The molecule has 0 unspecified atom stereocenters. The van der Waals surface area contributed by atoms with Crippen LogP contribution in [0.25, 0.3) is 5.57 Å². The van der Waals surface area contributed by atoms with Crippen LogP contribution in [0.15, 0.2) is 24.1 Å². The Bertz CT molecular complexity index is 187. The molecule has 0 aromatic carbocycles. The quantitative estimate of drug-likeness (QED) is 0.625. The molecule has 0 spiro atoms. The summed E-state index contributed by atoms with van der Waals surface area (Å²) in [5.74, 6) is 0.751. The molecule has 0 radical (unpaired) electrons. The zero-order chi connectivity index (χ0) is 6.69. The highest BCUT2D eigenvalue weighted by Gasteiger charge is 1.94. The van der Waals surface area contributed by atoms with Gasteiger partial charge in [-0.15, -0.1) is 11.3 Å². The van der Waals surface area contributed by atoms with Crippen LogP contribution in [0.4, 0.5) is 0 Å². The van der Waals surface area contributed by atoms with Crippen LogP contribution in [-0.2, 0) is 0 Å². The minimum atomic E-state index is 0.751. The first-order valence-electron chi connectivity index (χ1n) is 2.67. The van der Waals surface area contributed by atoms with Crippen LogP contribution in [0.2, 0.25) is 0 Å². The van der Waals surface area contributed by atoms with Crippen molar-refractivity contribution in [3.63, 3.8) is 0 Å². The lowest BCUT2D eigenvalue weighted by Gasteiger charge is -1.93. The van der Waals surface area contributed by atoms with E-state index in [1.165, 1.54) is 4.88 Å². The van der Waals surface area contributed by atoms with Gasteiger partial charge in [0.2, 0.25) is 0 Å². The molecule has 0 fully saturated rings. The molecule has 0 aliphatic rings. The summed E-state index contributed by atoms with van der Waals surface area (Å²) >= 11 is 5.82. The van der Waals surface area contributed by atoms with E-state index in [1.807, 2.05) is 11.4 Å². The standard InChI is InChI=1S/C7H8S2/c1-6(5-8)7-3-2-4-9-7/h2-4,8H,1,5H2. The molecular formula is C7H8S2. The maximum absolute atomic E-state index is 4.11. The summed E-state index contributed by atoms with van der Waals surface area (Å²) in [5.41, 5.74) is 1.10. The van der Waals surface area contributed by atoms with Crippen molar-refractivity contribution >= 4 is 29.5 Å². The third kappa shape index (κ3) is 1.60. The van der Waals surface area contributed by atoms with Crippen molar-refractivity contribution in [2.24, 2.45) is 0 Å². The van der Waals surface area contributed by atoms with Gasteiger partial charge < -0.3 is 0 Å². The largest absolute Gasteiger partial charge is 0.175 e. The Hall–Kier alpha value is -0.210. The number of hydrogen-bond acceptors (Lipinski definition) is 2. The molecule has 0 N–H and O–H groups in total. The monoisotopic (exact) mass is 156 g/mol. The predicted octanol–water partition coefficient (Wildman–Crippen LogP) is 2.69. The van der Waals surface area contributed by atoms with Gasteiger partial charge in [0, 0.05) is 10.6 Å². The topological polar surface area (TPSA) is 0 Å². The lowest BCUT2D eigenvalue weighted by Crippen LogP contribution is -1.75. The summed E-state index contributed by atoms with van der Waals surface area (Å²) < 4.78 is 0. The lowest BCUT2D eigenvalue weighted by atomic mass is 10.3. The minimum absolute atomic E-state index is 0.751. The molecule has 0 saturated carbocycles. The van der Waals surface area contributed by atoms with E-state index < -0.39 is 0 Å². The SMILES string of the molecule is C=C(CS)c1cccs1. The fourth-order valence-electron chi connectivity index (χ4n) is 0.558. The number of thiophene rings is 1. The Morgan fingerprint density at radius 1 is 1.78 bits per heavy atom. The van der Waals surface area contributed by atoms with Crippen molar-refractivity contribution in [3.05, 3.63) is 29.0 Å². The van der Waals surface area contributed by atoms with E-state index in [0.717, 1.165) is 11.3 Å². The molecule has 1 aromatic heterocycles. The van der Waals surface area contributed by atoms with Gasteiger partial charge >= 0.3 is 0 Å². The molecule has 0 amide bonds. The van der Waals surface area contributed by atoms with Gasteiger partial charge in [0.05, 0.1) is 0 Å². The normalized spacial score (nSPS) is 9.44. The Morgan fingerprint density at radius 2 is 2.56 bits per heavy atom. The van der Waals surface area contributed by atoms with E-state index in [2.05, 4.69) is 25.3 Å². The van der Waals surface area contributed by atoms with Crippen LogP contribution in [0.5, 0.6) is 0 Å². The summed E-state index contributed by atoms with van der Waals surface area (Å²) in [6.45, 7) is 3.85. The van der Waals surface area contributed by atoms with Gasteiger partial charge in [-0.25, -0.2) is 0 Å². The van der Waals surface area contributed by atoms with E-state index in [1.54, 1.807) is 11.3 Å². The van der Waals surface area contributed by atoms with Crippen molar-refractivity contribution in [3.8, 4) is 0 Å². The molecule has 2 heteroatoms. The Morgan fingerprint density at radius 3 is 3.00 bits per heavy atom. The second-order valence-electron chi connectivity index (χ2n) is 1.74. The second-order valence-corrected chi connectivity index (χ2v) is 3.00. The molecular weight excluding hydrogens is 148 g/mol. The third-order valence-corrected chi connectivity index (χ3v) is 2.41. The van der Waals surface area contributed by atoms with Crippen molar-refractivity contribution in [1.82, 2.24) is 0 Å². The summed E-state index contributed by atoms with van der Waals surface area (Å²) in [6.07, 6.45) is 0. The van der Waals surface area contributed by atoms with E-state index in [9.17, 15) is 0 Å². The van der Waals surface area contributed by atoms with Crippen molar-refractivity contribution in [1.29, 1.82) is 0 Å². The van der Waals surface area contributed by atoms with Crippen LogP contribution in [0.3, 0.4) is 0 Å². The number of hydrogen-bond donors (Lipinski definition) is 1. The first-order chi connectivity index (χ1) is 4.34. The highest BCUT2D eigenvalue weighted by Crippen LogP contribution is 2.18. The highest BCUT2D eigenvalue weighted by molar-refractivity contribution is 7.80. The molecule has 1 rings (SSSR count). The highest BCUT2D eigenvalue weighted by atomic mass is 32.1.